The molecule has 1 aromatic carbocycles. The number of likely N-dealkylation sites (N-methyl/N-ethyl adjacent to an activating group) is 1. The second-order valence-electron chi connectivity index (χ2n) is 4.74. The second kappa shape index (κ2) is 5.57. The Hall–Kier alpha value is -1.62. The van der Waals surface area contributed by atoms with Crippen molar-refractivity contribution in [2.24, 2.45) is 0 Å². The van der Waals surface area contributed by atoms with Gasteiger partial charge < -0.3 is 14.8 Å². The van der Waals surface area contributed by atoms with E-state index in [0.717, 1.165) is 0 Å². The minimum atomic E-state index is -0.718. The van der Waals surface area contributed by atoms with E-state index in [4.69, 9.17) is 9.47 Å². The van der Waals surface area contributed by atoms with Crippen LogP contribution in [0, 0.1) is 5.82 Å². The molecule has 2 unspecified atom stereocenters. The zero-order valence-electron chi connectivity index (χ0n) is 11.1. The number of hydrogen-bond donors (Lipinski definition) is 1. The Bertz CT molecular complexity index is 466. The molecule has 0 amide bonds. The molecule has 1 aromatic rings. The van der Waals surface area contributed by atoms with Crippen LogP contribution in [0.25, 0.3) is 0 Å². The number of carbonyl (C=O) groups is 1. The lowest BCUT2D eigenvalue weighted by Crippen LogP contribution is -2.49. The van der Waals surface area contributed by atoms with Crippen molar-refractivity contribution in [3.63, 3.8) is 0 Å². The number of para-hydroxylation sites is 1. The number of halogens is 1. The van der Waals surface area contributed by atoms with Gasteiger partial charge in [0.1, 0.15) is 11.6 Å². The average Bonchev–Trinajstić information content (AvgIpc) is 2.85. The van der Waals surface area contributed by atoms with Crippen molar-refractivity contribution in [2.75, 3.05) is 14.2 Å². The van der Waals surface area contributed by atoms with Crippen LogP contribution in [0.3, 0.4) is 0 Å². The zero-order chi connectivity index (χ0) is 13.9. The van der Waals surface area contributed by atoms with Crippen LogP contribution in [0.5, 0.6) is 5.75 Å². The van der Waals surface area contributed by atoms with Gasteiger partial charge in [0.25, 0.3) is 0 Å². The third-order valence-corrected chi connectivity index (χ3v) is 3.65. The molecule has 2 rings (SSSR count). The first kappa shape index (κ1) is 13.8. The fraction of sp³-hybridized carbons (Fsp3) is 0.500. The van der Waals surface area contributed by atoms with Crippen molar-refractivity contribution < 1.29 is 18.7 Å². The molecule has 0 bridgehead atoms. The Balaban J connectivity index is 2.06. The lowest BCUT2D eigenvalue weighted by Gasteiger charge is -2.25. The van der Waals surface area contributed by atoms with Crippen LogP contribution in [0.15, 0.2) is 24.3 Å². The molecule has 0 radical (unpaired) electrons. The Kier molecular flexibility index (Phi) is 4.04. The van der Waals surface area contributed by atoms with Gasteiger partial charge in [-0.05, 0) is 32.0 Å². The first-order valence-electron chi connectivity index (χ1n) is 6.30. The molecule has 5 heteroatoms. The van der Waals surface area contributed by atoms with Crippen molar-refractivity contribution in [1.82, 2.24) is 5.32 Å². The first-order valence-corrected chi connectivity index (χ1v) is 6.30. The highest BCUT2D eigenvalue weighted by atomic mass is 19.1. The minimum absolute atomic E-state index is 0.191. The molecule has 104 valence electrons. The number of esters is 1. The van der Waals surface area contributed by atoms with Gasteiger partial charge in [-0.3, -0.25) is 4.79 Å². The summed E-state index contributed by atoms with van der Waals surface area (Å²) in [7, 11) is 3.09. The van der Waals surface area contributed by atoms with E-state index in [9.17, 15) is 9.18 Å². The number of rotatable bonds is 4. The van der Waals surface area contributed by atoms with E-state index in [-0.39, 0.29) is 23.6 Å². The molecule has 0 aliphatic heterocycles. The van der Waals surface area contributed by atoms with Crippen LogP contribution < -0.4 is 10.1 Å². The SMILES string of the molecule is CNC1(C(=O)OC)CCC(Oc2ccccc2F)C1. The fourth-order valence-electron chi connectivity index (χ4n) is 2.53. The third kappa shape index (κ3) is 2.71. The highest BCUT2D eigenvalue weighted by molar-refractivity contribution is 5.81. The maximum atomic E-state index is 13.5. The predicted molar refractivity (Wildman–Crippen MR) is 68.5 cm³/mol. The molecule has 1 saturated carbocycles. The highest BCUT2D eigenvalue weighted by Gasteiger charge is 2.46. The number of nitrogens with one attached hydrogen (secondary N) is 1. The van der Waals surface area contributed by atoms with Gasteiger partial charge >= 0.3 is 5.97 Å². The van der Waals surface area contributed by atoms with E-state index in [1.807, 2.05) is 0 Å². The average molecular weight is 267 g/mol. The smallest absolute Gasteiger partial charge is 0.326 e. The summed E-state index contributed by atoms with van der Waals surface area (Å²) < 4.78 is 24.0. The number of benzene rings is 1. The van der Waals surface area contributed by atoms with Crippen LogP contribution in [-0.2, 0) is 9.53 Å². The van der Waals surface area contributed by atoms with Crippen molar-refractivity contribution >= 4 is 5.97 Å². The molecule has 4 nitrogen and oxygen atoms in total. The van der Waals surface area contributed by atoms with Gasteiger partial charge in [-0.1, -0.05) is 12.1 Å². The lowest BCUT2D eigenvalue weighted by atomic mass is 9.98. The van der Waals surface area contributed by atoms with Crippen LogP contribution in [-0.4, -0.2) is 31.8 Å². The van der Waals surface area contributed by atoms with E-state index in [0.29, 0.717) is 19.3 Å². The van der Waals surface area contributed by atoms with Crippen LogP contribution in [0.1, 0.15) is 19.3 Å². The number of hydrogen-bond acceptors (Lipinski definition) is 4. The van der Waals surface area contributed by atoms with Gasteiger partial charge in [-0.25, -0.2) is 4.39 Å². The summed E-state index contributed by atoms with van der Waals surface area (Å²) in [5.41, 5.74) is -0.718. The number of carbonyl (C=O) groups excluding carboxylic acids is 1. The van der Waals surface area contributed by atoms with Crippen LogP contribution >= 0.6 is 0 Å². The van der Waals surface area contributed by atoms with E-state index in [1.54, 1.807) is 25.2 Å². The predicted octanol–water partition coefficient (Wildman–Crippen LogP) is 1.89. The first-order chi connectivity index (χ1) is 9.11. The Morgan fingerprint density at radius 3 is 2.84 bits per heavy atom. The summed E-state index contributed by atoms with van der Waals surface area (Å²) in [6, 6.07) is 6.28. The van der Waals surface area contributed by atoms with E-state index in [2.05, 4.69) is 5.32 Å². The molecule has 1 aliphatic carbocycles. The summed E-state index contributed by atoms with van der Waals surface area (Å²) in [6.07, 6.45) is 1.59. The standard InChI is InChI=1S/C14H18FNO3/c1-16-14(13(17)18-2)8-7-10(9-14)19-12-6-4-3-5-11(12)15/h3-6,10,16H,7-9H2,1-2H3. The minimum Gasteiger partial charge on any atom is -0.487 e. The Morgan fingerprint density at radius 1 is 1.47 bits per heavy atom. The van der Waals surface area contributed by atoms with Crippen LogP contribution in [0.2, 0.25) is 0 Å². The topological polar surface area (TPSA) is 47.6 Å². The monoisotopic (exact) mass is 267 g/mol. The highest BCUT2D eigenvalue weighted by Crippen LogP contribution is 2.34. The maximum Gasteiger partial charge on any atom is 0.326 e. The third-order valence-electron chi connectivity index (χ3n) is 3.65. The molecule has 0 heterocycles. The number of ether oxygens (including phenoxy) is 2. The van der Waals surface area contributed by atoms with Gasteiger partial charge in [-0.2, -0.15) is 0 Å². The fourth-order valence-corrected chi connectivity index (χ4v) is 2.53. The molecule has 19 heavy (non-hydrogen) atoms. The zero-order valence-corrected chi connectivity index (χ0v) is 11.1. The van der Waals surface area contributed by atoms with Gasteiger partial charge in [0.15, 0.2) is 11.6 Å². The van der Waals surface area contributed by atoms with Gasteiger partial charge in [0, 0.05) is 6.42 Å². The second-order valence-corrected chi connectivity index (χ2v) is 4.74. The van der Waals surface area contributed by atoms with Crippen LogP contribution in [0.4, 0.5) is 4.39 Å². The summed E-state index contributed by atoms with van der Waals surface area (Å²) in [5, 5.41) is 3.01. The van der Waals surface area contributed by atoms with Crippen molar-refractivity contribution in [1.29, 1.82) is 0 Å². The molecule has 2 atom stereocenters. The Labute approximate surface area is 111 Å². The summed E-state index contributed by atoms with van der Waals surface area (Å²) in [6.45, 7) is 0. The lowest BCUT2D eigenvalue weighted by molar-refractivity contribution is -0.148. The summed E-state index contributed by atoms with van der Waals surface area (Å²) >= 11 is 0. The molecule has 0 saturated heterocycles. The molecular formula is C14H18FNO3. The van der Waals surface area contributed by atoms with E-state index in [1.165, 1.54) is 13.2 Å². The Morgan fingerprint density at radius 2 is 2.21 bits per heavy atom. The van der Waals surface area contributed by atoms with Gasteiger partial charge in [0.2, 0.25) is 0 Å². The van der Waals surface area contributed by atoms with Gasteiger partial charge in [-0.15, -0.1) is 0 Å². The summed E-state index contributed by atoms with van der Waals surface area (Å²) in [4.78, 5) is 11.8. The quantitative estimate of drug-likeness (QED) is 0.846. The van der Waals surface area contributed by atoms with E-state index >= 15 is 0 Å². The normalized spacial score (nSPS) is 26.2. The number of methoxy groups -OCH3 is 1. The largest absolute Gasteiger partial charge is 0.487 e. The molecule has 0 aromatic heterocycles. The molecule has 1 N–H and O–H groups in total. The summed E-state index contributed by atoms with van der Waals surface area (Å²) in [5.74, 6) is -0.457. The molecule has 1 fully saturated rings. The van der Waals surface area contributed by atoms with Crippen molar-refractivity contribution in [2.45, 2.75) is 30.9 Å². The molecule has 0 spiro atoms. The van der Waals surface area contributed by atoms with Gasteiger partial charge in [0.05, 0.1) is 7.11 Å². The van der Waals surface area contributed by atoms with E-state index < -0.39 is 5.54 Å². The molecular weight excluding hydrogens is 249 g/mol. The molecule has 1 aliphatic rings. The van der Waals surface area contributed by atoms with Crippen molar-refractivity contribution in [3.8, 4) is 5.75 Å². The van der Waals surface area contributed by atoms with Crippen molar-refractivity contribution in [3.05, 3.63) is 30.1 Å². The maximum absolute atomic E-state index is 13.5.